The maximum absolute atomic E-state index is 13.4. The Morgan fingerprint density at radius 2 is 1.72 bits per heavy atom. The van der Waals surface area contributed by atoms with Crippen LogP contribution in [0.3, 0.4) is 0 Å². The van der Waals surface area contributed by atoms with Crippen molar-refractivity contribution in [2.24, 2.45) is 4.99 Å². The number of aromatic hydroxyl groups is 1. The van der Waals surface area contributed by atoms with Gasteiger partial charge < -0.3 is 9.84 Å². The summed E-state index contributed by atoms with van der Waals surface area (Å²) in [6.07, 6.45) is 1.85. The molecule has 0 aliphatic carbocycles. The maximum atomic E-state index is 13.4. The normalized spacial score (nSPS) is 16.2. The van der Waals surface area contributed by atoms with Gasteiger partial charge in [0.05, 0.1) is 31.4 Å². The molecule has 1 amide bonds. The molecule has 0 aromatic heterocycles. The lowest BCUT2D eigenvalue weighted by molar-refractivity contribution is -0.122. The SMILES string of the molecule is COc1ccc(CN2C(=O)/C(=C/c3cc(I)c(O)c(I)c3)SC2=Nc2ccccc2)cc1. The van der Waals surface area contributed by atoms with Crippen LogP contribution in [0.5, 0.6) is 11.5 Å². The summed E-state index contributed by atoms with van der Waals surface area (Å²) in [5.41, 5.74) is 2.63. The zero-order valence-electron chi connectivity index (χ0n) is 17.0. The van der Waals surface area contributed by atoms with Gasteiger partial charge in [0.2, 0.25) is 0 Å². The molecular formula is C24H18I2N2O3S. The number of halogens is 2. The van der Waals surface area contributed by atoms with Crippen molar-refractivity contribution in [3.8, 4) is 11.5 Å². The first-order chi connectivity index (χ1) is 15.4. The largest absolute Gasteiger partial charge is 0.506 e. The first-order valence-electron chi connectivity index (χ1n) is 9.60. The smallest absolute Gasteiger partial charge is 0.267 e. The number of hydrogen-bond donors (Lipinski definition) is 1. The van der Waals surface area contributed by atoms with Crippen molar-refractivity contribution >= 4 is 79.8 Å². The molecule has 5 nitrogen and oxygen atoms in total. The summed E-state index contributed by atoms with van der Waals surface area (Å²) in [7, 11) is 1.63. The second kappa shape index (κ2) is 10.3. The zero-order valence-corrected chi connectivity index (χ0v) is 22.1. The molecule has 1 aliphatic heterocycles. The zero-order chi connectivity index (χ0) is 22.7. The predicted octanol–water partition coefficient (Wildman–Crippen LogP) is 6.41. The van der Waals surface area contributed by atoms with Crippen molar-refractivity contribution in [1.82, 2.24) is 4.90 Å². The quantitative estimate of drug-likeness (QED) is 0.252. The van der Waals surface area contributed by atoms with Crippen molar-refractivity contribution < 1.29 is 14.6 Å². The van der Waals surface area contributed by atoms with Gasteiger partial charge in [-0.1, -0.05) is 30.3 Å². The summed E-state index contributed by atoms with van der Waals surface area (Å²) in [5, 5.41) is 10.7. The monoisotopic (exact) mass is 668 g/mol. The van der Waals surface area contributed by atoms with Gasteiger partial charge in [0, 0.05) is 0 Å². The number of thioether (sulfide) groups is 1. The van der Waals surface area contributed by atoms with Crippen molar-refractivity contribution in [2.75, 3.05) is 7.11 Å². The molecule has 8 heteroatoms. The highest BCUT2D eigenvalue weighted by atomic mass is 127. The van der Waals surface area contributed by atoms with Crippen LogP contribution in [0, 0.1) is 7.14 Å². The standard InChI is InChI=1S/C24H18I2N2O3S/c1-31-18-9-7-15(8-10-18)14-28-23(30)21(13-16-11-19(25)22(29)20(26)12-16)32-24(28)27-17-5-3-2-4-6-17/h2-13,29H,14H2,1H3/b21-13-,27-24?. The molecule has 0 radical (unpaired) electrons. The molecule has 0 unspecified atom stereocenters. The summed E-state index contributed by atoms with van der Waals surface area (Å²) in [5.74, 6) is 0.927. The molecule has 0 saturated carbocycles. The Morgan fingerprint density at radius 3 is 2.34 bits per heavy atom. The lowest BCUT2D eigenvalue weighted by Crippen LogP contribution is -2.28. The average molecular weight is 668 g/mol. The highest BCUT2D eigenvalue weighted by Crippen LogP contribution is 2.36. The number of rotatable bonds is 5. The van der Waals surface area contributed by atoms with Gasteiger partial charge in [-0.05, 0) is 111 Å². The third-order valence-corrected chi connectivity index (χ3v) is 7.36. The van der Waals surface area contributed by atoms with Crippen molar-refractivity contribution in [3.63, 3.8) is 0 Å². The van der Waals surface area contributed by atoms with Crippen LogP contribution in [0.4, 0.5) is 5.69 Å². The van der Waals surface area contributed by atoms with Crippen LogP contribution in [0.25, 0.3) is 6.08 Å². The van der Waals surface area contributed by atoms with E-state index < -0.39 is 0 Å². The molecule has 0 atom stereocenters. The number of carbonyl (C=O) groups excluding carboxylic acids is 1. The number of phenolic OH excluding ortho intramolecular Hbond substituents is 1. The highest BCUT2D eigenvalue weighted by Gasteiger charge is 2.33. The Balaban J connectivity index is 1.70. The van der Waals surface area contributed by atoms with Gasteiger partial charge >= 0.3 is 0 Å². The number of ether oxygens (including phenoxy) is 1. The lowest BCUT2D eigenvalue weighted by Gasteiger charge is -2.16. The molecule has 4 rings (SSSR count). The van der Waals surface area contributed by atoms with Crippen LogP contribution in [-0.2, 0) is 11.3 Å². The number of carbonyl (C=O) groups is 1. The van der Waals surface area contributed by atoms with Crippen molar-refractivity contribution in [1.29, 1.82) is 0 Å². The number of nitrogens with zero attached hydrogens (tertiary/aromatic N) is 2. The topological polar surface area (TPSA) is 62.1 Å². The summed E-state index contributed by atoms with van der Waals surface area (Å²) in [6, 6.07) is 21.0. The first-order valence-corrected chi connectivity index (χ1v) is 12.6. The molecule has 1 fully saturated rings. The van der Waals surface area contributed by atoms with Gasteiger partial charge in [-0.2, -0.15) is 0 Å². The average Bonchev–Trinajstić information content (AvgIpc) is 3.07. The Kier molecular flexibility index (Phi) is 7.41. The van der Waals surface area contributed by atoms with E-state index >= 15 is 0 Å². The molecule has 32 heavy (non-hydrogen) atoms. The van der Waals surface area contributed by atoms with Crippen LogP contribution in [0.2, 0.25) is 0 Å². The van der Waals surface area contributed by atoms with Crippen LogP contribution >= 0.6 is 56.9 Å². The number of para-hydroxylation sites is 1. The van der Waals surface area contributed by atoms with Crippen molar-refractivity contribution in [2.45, 2.75) is 6.54 Å². The molecule has 0 spiro atoms. The molecule has 1 heterocycles. The molecular weight excluding hydrogens is 650 g/mol. The highest BCUT2D eigenvalue weighted by molar-refractivity contribution is 14.1. The summed E-state index contributed by atoms with van der Waals surface area (Å²) >= 11 is 5.54. The molecule has 1 saturated heterocycles. The van der Waals surface area contributed by atoms with Gasteiger partial charge in [0.1, 0.15) is 11.5 Å². The fraction of sp³-hybridized carbons (Fsp3) is 0.0833. The minimum Gasteiger partial charge on any atom is -0.506 e. The van der Waals surface area contributed by atoms with Crippen LogP contribution in [0.15, 0.2) is 76.6 Å². The molecule has 3 aromatic carbocycles. The van der Waals surface area contributed by atoms with Crippen molar-refractivity contribution in [3.05, 3.63) is 89.9 Å². The van der Waals surface area contributed by atoms with E-state index in [0.717, 1.165) is 29.7 Å². The number of amidine groups is 1. The number of amides is 1. The van der Waals surface area contributed by atoms with Gasteiger partial charge in [-0.3, -0.25) is 9.69 Å². The van der Waals surface area contributed by atoms with E-state index in [2.05, 4.69) is 45.2 Å². The summed E-state index contributed by atoms with van der Waals surface area (Å²) in [6.45, 7) is 0.406. The van der Waals surface area contributed by atoms with Crippen LogP contribution < -0.4 is 4.74 Å². The van der Waals surface area contributed by atoms with Gasteiger partial charge in [-0.25, -0.2) is 4.99 Å². The van der Waals surface area contributed by atoms with Crippen LogP contribution in [0.1, 0.15) is 11.1 Å². The van der Waals surface area contributed by atoms with Gasteiger partial charge in [-0.15, -0.1) is 0 Å². The summed E-state index contributed by atoms with van der Waals surface area (Å²) < 4.78 is 6.72. The Labute approximate surface area is 217 Å². The van der Waals surface area contributed by atoms with Gasteiger partial charge in [0.25, 0.3) is 5.91 Å². The van der Waals surface area contributed by atoms with Crippen LogP contribution in [-0.4, -0.2) is 28.2 Å². The number of methoxy groups -OCH3 is 1. The Hall–Kier alpha value is -2.05. The van der Waals surface area contributed by atoms with E-state index in [1.165, 1.54) is 11.8 Å². The molecule has 1 N–H and O–H groups in total. The second-order valence-corrected chi connectivity index (χ2v) is 10.2. The number of phenols is 1. The third-order valence-electron chi connectivity index (χ3n) is 4.71. The molecule has 0 bridgehead atoms. The number of aliphatic imine (C=N–C) groups is 1. The van der Waals surface area contributed by atoms with E-state index in [4.69, 9.17) is 9.73 Å². The predicted molar refractivity (Wildman–Crippen MR) is 146 cm³/mol. The molecule has 162 valence electrons. The maximum Gasteiger partial charge on any atom is 0.267 e. The second-order valence-electron chi connectivity index (χ2n) is 6.91. The first kappa shape index (κ1) is 23.1. The van der Waals surface area contributed by atoms with Gasteiger partial charge in [0.15, 0.2) is 5.17 Å². The van der Waals surface area contributed by atoms with E-state index in [0.29, 0.717) is 16.6 Å². The summed E-state index contributed by atoms with van der Waals surface area (Å²) in [4.78, 5) is 20.4. The third kappa shape index (κ3) is 5.29. The minimum absolute atomic E-state index is 0.0985. The number of hydrogen-bond acceptors (Lipinski definition) is 5. The lowest BCUT2D eigenvalue weighted by atomic mass is 10.2. The Morgan fingerprint density at radius 1 is 1.06 bits per heavy atom. The molecule has 3 aromatic rings. The fourth-order valence-corrected chi connectivity index (χ4v) is 5.89. The Bertz CT molecular complexity index is 1190. The van der Waals surface area contributed by atoms with E-state index in [1.54, 1.807) is 12.0 Å². The molecule has 1 aliphatic rings. The van der Waals surface area contributed by atoms with E-state index in [9.17, 15) is 9.90 Å². The van der Waals surface area contributed by atoms with E-state index in [1.807, 2.05) is 72.8 Å². The fourth-order valence-electron chi connectivity index (χ4n) is 3.08. The van der Waals surface area contributed by atoms with E-state index in [-0.39, 0.29) is 11.7 Å². The minimum atomic E-state index is -0.0985. The number of benzene rings is 3.